The summed E-state index contributed by atoms with van der Waals surface area (Å²) in [6.45, 7) is 16.4. The maximum absolute atomic E-state index is 2.51. The average molecular weight is 890 g/mol. The van der Waals surface area contributed by atoms with Crippen LogP contribution in [0.3, 0.4) is 0 Å². The van der Waals surface area contributed by atoms with E-state index in [9.17, 15) is 0 Å². The summed E-state index contributed by atoms with van der Waals surface area (Å²) in [5.41, 5.74) is 21.9. The highest BCUT2D eigenvalue weighted by molar-refractivity contribution is 6.09. The van der Waals surface area contributed by atoms with Crippen molar-refractivity contribution in [1.29, 1.82) is 0 Å². The van der Waals surface area contributed by atoms with Gasteiger partial charge in [-0.2, -0.15) is 0 Å². The topological polar surface area (TPSA) is 3.24 Å². The smallest absolute Gasteiger partial charge is 0.0540 e. The lowest BCUT2D eigenvalue weighted by molar-refractivity contribution is 0.569. The molecular weight excluding hydrogens is 831 g/mol. The largest absolute Gasteiger partial charge is 0.309 e. The summed E-state index contributed by atoms with van der Waals surface area (Å²) < 4.78 is 0. The Morgan fingerprint density at radius 3 is 1.43 bits per heavy atom. The van der Waals surface area contributed by atoms with Gasteiger partial charge in [-0.15, -0.1) is 0 Å². The molecule has 1 nitrogen and oxygen atoms in total. The van der Waals surface area contributed by atoms with Crippen molar-refractivity contribution in [3.63, 3.8) is 0 Å². The zero-order chi connectivity index (χ0) is 47.5. The summed E-state index contributed by atoms with van der Waals surface area (Å²) >= 11 is 0. The van der Waals surface area contributed by atoms with Crippen LogP contribution in [-0.2, 0) is 16.2 Å². The van der Waals surface area contributed by atoms with Gasteiger partial charge in [-0.3, -0.25) is 0 Å². The van der Waals surface area contributed by atoms with Crippen LogP contribution in [0.1, 0.15) is 76.3 Å². The van der Waals surface area contributed by atoms with Gasteiger partial charge in [0.1, 0.15) is 0 Å². The van der Waals surface area contributed by atoms with Gasteiger partial charge in [0.2, 0.25) is 0 Å². The fraction of sp³-hybridized carbons (Fsp3) is 0.147. The van der Waals surface area contributed by atoms with E-state index in [0.717, 1.165) is 17.1 Å². The normalized spacial score (nSPS) is 14.4. The van der Waals surface area contributed by atoms with Gasteiger partial charge in [0.25, 0.3) is 0 Å². The first-order valence-corrected chi connectivity index (χ1v) is 24.5. The molecule has 336 valence electrons. The van der Waals surface area contributed by atoms with Crippen LogP contribution in [0.2, 0.25) is 0 Å². The molecule has 10 aromatic rings. The molecule has 0 N–H and O–H groups in total. The summed E-state index contributed by atoms with van der Waals surface area (Å²) in [5.74, 6) is 0. The van der Waals surface area contributed by atoms with Crippen LogP contribution >= 0.6 is 0 Å². The van der Waals surface area contributed by atoms with Crippen molar-refractivity contribution in [2.75, 3.05) is 4.90 Å². The van der Waals surface area contributed by atoms with E-state index in [1.165, 1.54) is 94.2 Å². The van der Waals surface area contributed by atoms with Crippen molar-refractivity contribution in [3.8, 4) is 55.6 Å². The van der Waals surface area contributed by atoms with E-state index in [1.54, 1.807) is 0 Å². The number of fused-ring (bicyclic) bond motifs is 4. The Hall–Kier alpha value is -7.74. The number of benzene rings is 10. The first-order chi connectivity index (χ1) is 33.4. The van der Waals surface area contributed by atoms with Crippen molar-refractivity contribution in [1.82, 2.24) is 0 Å². The molecule has 0 bridgehead atoms. The summed E-state index contributed by atoms with van der Waals surface area (Å²) in [7, 11) is 0. The Bertz CT molecular complexity index is 3470. The van der Waals surface area contributed by atoms with Gasteiger partial charge in [-0.05, 0) is 125 Å². The molecule has 0 saturated carbocycles. The molecule has 0 amide bonds. The van der Waals surface area contributed by atoms with Crippen molar-refractivity contribution in [2.45, 2.75) is 64.7 Å². The van der Waals surface area contributed by atoms with Crippen molar-refractivity contribution in [2.24, 2.45) is 0 Å². The SMILES string of the molecule is CC(C)(C)c1cc(-c2cccc3cccc(-c4ccccc4N(c4ccc(-c5ccccc5)cc4)c4ccccc4-c4cccc5c4-c4ccccc4C5(C)c4ccccc4)c23)cc(C(C)(C)C)c1. The lowest BCUT2D eigenvalue weighted by atomic mass is 9.74. The lowest BCUT2D eigenvalue weighted by Crippen LogP contribution is -2.22. The molecule has 0 heterocycles. The molecule has 0 spiro atoms. The van der Waals surface area contributed by atoms with E-state index < -0.39 is 0 Å². The molecule has 10 aromatic carbocycles. The predicted molar refractivity (Wildman–Crippen MR) is 295 cm³/mol. The van der Waals surface area contributed by atoms with E-state index >= 15 is 0 Å². The molecule has 69 heavy (non-hydrogen) atoms. The van der Waals surface area contributed by atoms with Crippen LogP contribution in [0, 0.1) is 0 Å². The van der Waals surface area contributed by atoms with Gasteiger partial charge in [0.05, 0.1) is 11.4 Å². The summed E-state index contributed by atoms with van der Waals surface area (Å²) in [4.78, 5) is 2.51. The highest BCUT2D eigenvalue weighted by atomic mass is 15.1. The molecule has 0 aliphatic heterocycles. The monoisotopic (exact) mass is 889 g/mol. The van der Waals surface area contributed by atoms with Crippen LogP contribution in [0.4, 0.5) is 17.1 Å². The third-order valence-electron chi connectivity index (χ3n) is 14.7. The molecule has 1 aliphatic carbocycles. The van der Waals surface area contributed by atoms with Crippen molar-refractivity contribution < 1.29 is 0 Å². The standard InChI is InChI=1S/C68H59N/c1-66(2,3)51-43-49(44-52(45-51)67(4,5)6)54-32-20-25-48-26-21-33-57(64(48)54)55-29-15-18-37-62(55)69(53-41-39-47(40-42-53)46-23-10-8-11-24-46)63-38-19-16-30-56(63)58-34-22-36-61-65(58)59-31-14-17-35-60(59)68(61,7)50-27-12-9-13-28-50/h8-45H,1-7H3. The fourth-order valence-corrected chi connectivity index (χ4v) is 10.9. The maximum atomic E-state index is 2.51. The van der Waals surface area contributed by atoms with E-state index in [0.29, 0.717) is 0 Å². The number of para-hydroxylation sites is 2. The Labute approximate surface area is 409 Å². The molecule has 1 heteroatoms. The Morgan fingerprint density at radius 2 is 0.812 bits per heavy atom. The Kier molecular flexibility index (Phi) is 10.9. The Balaban J connectivity index is 1.16. The molecule has 11 rings (SSSR count). The van der Waals surface area contributed by atoms with E-state index in [1.807, 2.05) is 0 Å². The molecular formula is C68H59N. The third kappa shape index (κ3) is 7.67. The fourth-order valence-electron chi connectivity index (χ4n) is 10.9. The molecule has 0 fully saturated rings. The summed E-state index contributed by atoms with van der Waals surface area (Å²) in [5, 5.41) is 2.47. The first kappa shape index (κ1) is 43.8. The maximum Gasteiger partial charge on any atom is 0.0540 e. The highest BCUT2D eigenvalue weighted by Crippen LogP contribution is 2.57. The van der Waals surface area contributed by atoms with Crippen LogP contribution in [-0.4, -0.2) is 0 Å². The summed E-state index contributed by atoms with van der Waals surface area (Å²) in [6.07, 6.45) is 0. The van der Waals surface area contributed by atoms with Gasteiger partial charge in [-0.1, -0.05) is 248 Å². The number of anilines is 3. The number of hydrogen-bond acceptors (Lipinski definition) is 1. The average Bonchev–Trinajstić information content (AvgIpc) is 3.65. The van der Waals surface area contributed by atoms with Crippen molar-refractivity contribution in [3.05, 3.63) is 258 Å². The molecule has 1 aliphatic rings. The molecule has 0 saturated heterocycles. The first-order valence-electron chi connectivity index (χ1n) is 24.5. The van der Waals surface area contributed by atoms with E-state index in [-0.39, 0.29) is 16.2 Å². The van der Waals surface area contributed by atoms with Gasteiger partial charge in [0, 0.05) is 22.2 Å². The van der Waals surface area contributed by atoms with Crippen LogP contribution in [0.25, 0.3) is 66.4 Å². The number of nitrogens with zero attached hydrogens (tertiary/aromatic N) is 1. The van der Waals surface area contributed by atoms with Gasteiger partial charge < -0.3 is 4.90 Å². The number of rotatable bonds is 8. The van der Waals surface area contributed by atoms with Gasteiger partial charge in [0.15, 0.2) is 0 Å². The van der Waals surface area contributed by atoms with E-state index in [4.69, 9.17) is 0 Å². The number of hydrogen-bond donors (Lipinski definition) is 0. The zero-order valence-electron chi connectivity index (χ0n) is 40.9. The van der Waals surface area contributed by atoms with Crippen molar-refractivity contribution >= 4 is 27.8 Å². The molecule has 1 unspecified atom stereocenters. The van der Waals surface area contributed by atoms with Crippen LogP contribution in [0.5, 0.6) is 0 Å². The molecule has 0 aromatic heterocycles. The Morgan fingerprint density at radius 1 is 0.348 bits per heavy atom. The predicted octanol–water partition coefficient (Wildman–Crippen LogP) is 18.9. The summed E-state index contributed by atoms with van der Waals surface area (Å²) in [6, 6.07) is 85.9. The van der Waals surface area contributed by atoms with E-state index in [2.05, 4.69) is 284 Å². The third-order valence-corrected chi connectivity index (χ3v) is 14.7. The second-order valence-corrected chi connectivity index (χ2v) is 21.1. The van der Waals surface area contributed by atoms with Crippen LogP contribution in [0.15, 0.2) is 231 Å². The minimum Gasteiger partial charge on any atom is -0.309 e. The second-order valence-electron chi connectivity index (χ2n) is 21.1. The molecule has 0 radical (unpaired) electrons. The van der Waals surface area contributed by atoms with Gasteiger partial charge in [-0.25, -0.2) is 0 Å². The second kappa shape index (κ2) is 17.1. The zero-order valence-corrected chi connectivity index (χ0v) is 40.9. The highest BCUT2D eigenvalue weighted by Gasteiger charge is 2.42. The molecule has 1 atom stereocenters. The quantitative estimate of drug-likeness (QED) is 0.147. The van der Waals surface area contributed by atoms with Gasteiger partial charge >= 0.3 is 0 Å². The minimum atomic E-state index is -0.316. The minimum absolute atomic E-state index is 0.0128. The lowest BCUT2D eigenvalue weighted by Gasteiger charge is -2.31. The van der Waals surface area contributed by atoms with Crippen LogP contribution < -0.4 is 4.90 Å².